The summed E-state index contributed by atoms with van der Waals surface area (Å²) in [7, 11) is 0. The molecule has 3 nitrogen and oxygen atoms in total. The molecule has 0 bridgehead atoms. The number of thiophene rings is 1. The second-order valence-electron chi connectivity index (χ2n) is 1.26. The molecular formula is C6H7NO2S. The Labute approximate surface area is 62.8 Å². The Morgan fingerprint density at radius 2 is 1.90 bits per heavy atom. The van der Waals surface area contributed by atoms with Gasteiger partial charge in [-0.2, -0.15) is 11.3 Å². The van der Waals surface area contributed by atoms with Crippen LogP contribution in [0.5, 0.6) is 0 Å². The molecule has 0 atom stereocenters. The van der Waals surface area contributed by atoms with Crippen LogP contribution < -0.4 is 0 Å². The van der Waals surface area contributed by atoms with E-state index in [1.54, 1.807) is 11.3 Å². The van der Waals surface area contributed by atoms with Crippen LogP contribution in [0.4, 0.5) is 0 Å². The van der Waals surface area contributed by atoms with Crippen LogP contribution in [-0.2, 0) is 0 Å². The van der Waals surface area contributed by atoms with Gasteiger partial charge in [0.05, 0.1) is 4.92 Å². The second kappa shape index (κ2) is 5.97. The first kappa shape index (κ1) is 8.84. The largest absolute Gasteiger partial charge is 0.259 e. The quantitative estimate of drug-likeness (QED) is 0.463. The van der Waals surface area contributed by atoms with E-state index in [0.29, 0.717) is 6.20 Å². The van der Waals surface area contributed by atoms with E-state index in [4.69, 9.17) is 10.1 Å². The maximum absolute atomic E-state index is 9.06. The van der Waals surface area contributed by atoms with Gasteiger partial charge in [0.2, 0.25) is 6.20 Å². The van der Waals surface area contributed by atoms with Crippen molar-refractivity contribution >= 4 is 11.3 Å². The number of hydrogen-bond donors (Lipinski definition) is 0. The van der Waals surface area contributed by atoms with E-state index in [9.17, 15) is 0 Å². The average Bonchev–Trinajstić information content (AvgIpc) is 2.43. The highest BCUT2D eigenvalue weighted by Gasteiger charge is 1.69. The maximum Gasteiger partial charge on any atom is 0.227 e. The minimum Gasteiger partial charge on any atom is -0.259 e. The summed E-state index contributed by atoms with van der Waals surface area (Å²) in [5, 5.41) is 13.1. The molecule has 0 radical (unpaired) electrons. The minimum absolute atomic E-state index is 0.611. The van der Waals surface area contributed by atoms with Gasteiger partial charge in [0.1, 0.15) is 0 Å². The summed E-state index contributed by atoms with van der Waals surface area (Å²) in [6.45, 7) is 2.86. The van der Waals surface area contributed by atoms with Gasteiger partial charge in [0.15, 0.2) is 0 Å². The van der Waals surface area contributed by atoms with Crippen LogP contribution in [0.15, 0.2) is 35.7 Å². The van der Waals surface area contributed by atoms with Crippen molar-refractivity contribution in [1.82, 2.24) is 0 Å². The number of rotatable bonds is 1. The van der Waals surface area contributed by atoms with Crippen LogP contribution in [0.25, 0.3) is 0 Å². The molecule has 0 aliphatic rings. The van der Waals surface area contributed by atoms with Crippen molar-refractivity contribution in [2.45, 2.75) is 0 Å². The van der Waals surface area contributed by atoms with Gasteiger partial charge in [0, 0.05) is 0 Å². The van der Waals surface area contributed by atoms with Gasteiger partial charge in [-0.05, 0) is 17.3 Å². The molecule has 0 N–H and O–H groups in total. The Hall–Kier alpha value is -1.16. The predicted octanol–water partition coefficient (Wildman–Crippen LogP) is 2.15. The van der Waals surface area contributed by atoms with E-state index < -0.39 is 4.92 Å². The molecule has 0 spiro atoms. The maximum atomic E-state index is 9.06. The number of nitro groups is 1. The fraction of sp³-hybridized carbons (Fsp3) is 0. The molecule has 0 saturated carbocycles. The molecule has 1 aromatic heterocycles. The SMILES string of the molecule is C=C[N+](=O)[O-].c1ccsc1. The van der Waals surface area contributed by atoms with Crippen molar-refractivity contribution in [2.24, 2.45) is 0 Å². The second-order valence-corrected chi connectivity index (χ2v) is 2.08. The Morgan fingerprint density at radius 1 is 1.50 bits per heavy atom. The molecule has 54 valence electrons. The first-order valence-corrected chi connectivity index (χ1v) is 3.45. The summed E-state index contributed by atoms with van der Waals surface area (Å²) < 4.78 is 0. The van der Waals surface area contributed by atoms with Crippen molar-refractivity contribution in [2.75, 3.05) is 0 Å². The number of hydrogen-bond acceptors (Lipinski definition) is 3. The van der Waals surface area contributed by atoms with Crippen molar-refractivity contribution < 1.29 is 4.92 Å². The molecule has 0 unspecified atom stereocenters. The Balaban J connectivity index is 0.000000162. The van der Waals surface area contributed by atoms with Crippen LogP contribution in [0.3, 0.4) is 0 Å². The predicted molar refractivity (Wildman–Crippen MR) is 41.5 cm³/mol. The molecule has 0 fully saturated rings. The van der Waals surface area contributed by atoms with Gasteiger partial charge in [-0.3, -0.25) is 10.1 Å². The zero-order valence-corrected chi connectivity index (χ0v) is 6.08. The lowest BCUT2D eigenvalue weighted by molar-refractivity contribution is -0.401. The molecule has 0 aromatic carbocycles. The lowest BCUT2D eigenvalue weighted by Gasteiger charge is -1.65. The fourth-order valence-corrected chi connectivity index (χ4v) is 0.680. The molecule has 0 aliphatic carbocycles. The van der Waals surface area contributed by atoms with Gasteiger partial charge >= 0.3 is 0 Å². The summed E-state index contributed by atoms with van der Waals surface area (Å²) in [6, 6.07) is 4.04. The molecule has 0 aliphatic heterocycles. The topological polar surface area (TPSA) is 43.1 Å². The van der Waals surface area contributed by atoms with E-state index in [-0.39, 0.29) is 0 Å². The zero-order valence-electron chi connectivity index (χ0n) is 5.27. The van der Waals surface area contributed by atoms with Gasteiger partial charge < -0.3 is 0 Å². The van der Waals surface area contributed by atoms with Crippen LogP contribution in [0.1, 0.15) is 0 Å². The van der Waals surface area contributed by atoms with Crippen molar-refractivity contribution in [1.29, 1.82) is 0 Å². The van der Waals surface area contributed by atoms with Crippen molar-refractivity contribution in [3.63, 3.8) is 0 Å². The minimum atomic E-state index is -0.611. The lowest BCUT2D eigenvalue weighted by Crippen LogP contribution is -1.77. The van der Waals surface area contributed by atoms with Gasteiger partial charge in [-0.1, -0.05) is 12.1 Å². The third-order valence-electron chi connectivity index (χ3n) is 0.574. The van der Waals surface area contributed by atoms with E-state index in [1.807, 2.05) is 22.9 Å². The monoisotopic (exact) mass is 157 g/mol. The van der Waals surface area contributed by atoms with Gasteiger partial charge in [-0.15, -0.1) is 0 Å². The van der Waals surface area contributed by atoms with Crippen LogP contribution in [0.2, 0.25) is 0 Å². The van der Waals surface area contributed by atoms with E-state index in [0.717, 1.165) is 0 Å². The van der Waals surface area contributed by atoms with Gasteiger partial charge in [-0.25, -0.2) is 0 Å². The number of nitrogens with zero attached hydrogens (tertiary/aromatic N) is 1. The average molecular weight is 157 g/mol. The molecule has 1 aromatic rings. The first-order valence-electron chi connectivity index (χ1n) is 2.50. The highest BCUT2D eigenvalue weighted by Crippen LogP contribution is 1.91. The fourth-order valence-electron chi connectivity index (χ4n) is 0.227. The third-order valence-corrected chi connectivity index (χ3v) is 1.20. The third kappa shape index (κ3) is 6.84. The zero-order chi connectivity index (χ0) is 7.82. The summed E-state index contributed by atoms with van der Waals surface area (Å²) >= 11 is 1.71. The van der Waals surface area contributed by atoms with E-state index >= 15 is 0 Å². The Kier molecular flexibility index (Phi) is 5.28. The first-order chi connectivity index (χ1) is 4.77. The molecule has 0 amide bonds. The van der Waals surface area contributed by atoms with E-state index in [1.165, 1.54) is 0 Å². The Morgan fingerprint density at radius 3 is 2.00 bits per heavy atom. The van der Waals surface area contributed by atoms with Crippen molar-refractivity contribution in [3.8, 4) is 0 Å². The summed E-state index contributed by atoms with van der Waals surface area (Å²) in [5.41, 5.74) is 0. The lowest BCUT2D eigenvalue weighted by atomic mass is 10.7. The Bertz CT molecular complexity index is 166. The molecule has 10 heavy (non-hydrogen) atoms. The van der Waals surface area contributed by atoms with Crippen LogP contribution in [-0.4, -0.2) is 4.92 Å². The smallest absolute Gasteiger partial charge is 0.227 e. The highest BCUT2D eigenvalue weighted by atomic mass is 32.1. The molecule has 4 heteroatoms. The molecule has 1 rings (SSSR count). The molecule has 0 saturated heterocycles. The normalized spacial score (nSPS) is 7.20. The van der Waals surface area contributed by atoms with Crippen molar-refractivity contribution in [3.05, 3.63) is 45.8 Å². The van der Waals surface area contributed by atoms with Gasteiger partial charge in [0.25, 0.3) is 0 Å². The van der Waals surface area contributed by atoms with Crippen LogP contribution in [0, 0.1) is 10.1 Å². The summed E-state index contributed by atoms with van der Waals surface area (Å²) in [4.78, 5) is 8.44. The van der Waals surface area contributed by atoms with Crippen LogP contribution >= 0.6 is 11.3 Å². The molecular weight excluding hydrogens is 150 g/mol. The summed E-state index contributed by atoms with van der Waals surface area (Å²) in [5.74, 6) is 0. The highest BCUT2D eigenvalue weighted by molar-refractivity contribution is 7.07. The molecule has 1 heterocycles. The standard InChI is InChI=1S/C4H4S.C2H3NO2/c1-2-4-5-3-1;1-2-3(4)5/h1-4H;2H,1H2. The van der Waals surface area contributed by atoms with E-state index in [2.05, 4.69) is 6.58 Å². The summed E-state index contributed by atoms with van der Waals surface area (Å²) in [6.07, 6.45) is 0.639.